The van der Waals surface area contributed by atoms with Crippen molar-refractivity contribution >= 4 is 17.6 Å². The Morgan fingerprint density at radius 2 is 1.96 bits per heavy atom. The number of aryl methyl sites for hydroxylation is 1. The van der Waals surface area contributed by atoms with Gasteiger partial charge < -0.3 is 20.7 Å². The third-order valence-corrected chi connectivity index (χ3v) is 4.18. The molecule has 1 atom stereocenters. The lowest BCUT2D eigenvalue weighted by atomic mass is 10.2. The van der Waals surface area contributed by atoms with Gasteiger partial charge in [0.05, 0.1) is 30.2 Å². The Bertz CT molecular complexity index is 771. The summed E-state index contributed by atoms with van der Waals surface area (Å²) in [5.41, 5.74) is 2.63. The standard InChI is InChI=1S/C19H23N5O3/c1-13-9-21-16(10-20-13)11-23-19(26)24-15-6-4-14(5-7-15)18(25)22-12-17-3-2-8-27-17/h4-7,9-10,17H,2-3,8,11-12H2,1H3,(H,22,25)(H2,23,24,26). The van der Waals surface area contributed by atoms with Crippen molar-refractivity contribution in [3.63, 3.8) is 0 Å². The van der Waals surface area contributed by atoms with E-state index in [0.717, 1.165) is 25.1 Å². The number of aromatic nitrogens is 2. The van der Waals surface area contributed by atoms with Crippen molar-refractivity contribution in [1.82, 2.24) is 20.6 Å². The van der Waals surface area contributed by atoms with Gasteiger partial charge in [0.15, 0.2) is 0 Å². The molecular formula is C19H23N5O3. The molecule has 1 aromatic carbocycles. The molecule has 1 aliphatic rings. The first-order valence-corrected chi connectivity index (χ1v) is 8.92. The molecule has 8 nitrogen and oxygen atoms in total. The Morgan fingerprint density at radius 1 is 1.15 bits per heavy atom. The summed E-state index contributed by atoms with van der Waals surface area (Å²) in [7, 11) is 0. The molecule has 1 saturated heterocycles. The highest BCUT2D eigenvalue weighted by Gasteiger charge is 2.16. The van der Waals surface area contributed by atoms with Gasteiger partial charge in [0.1, 0.15) is 0 Å². The van der Waals surface area contributed by atoms with Gasteiger partial charge in [0.25, 0.3) is 5.91 Å². The first-order chi connectivity index (χ1) is 13.1. The summed E-state index contributed by atoms with van der Waals surface area (Å²) < 4.78 is 5.49. The second-order valence-corrected chi connectivity index (χ2v) is 6.38. The zero-order valence-electron chi connectivity index (χ0n) is 15.2. The Balaban J connectivity index is 1.44. The van der Waals surface area contributed by atoms with Crippen molar-refractivity contribution in [3.05, 3.63) is 53.6 Å². The van der Waals surface area contributed by atoms with Crippen LogP contribution >= 0.6 is 0 Å². The summed E-state index contributed by atoms with van der Waals surface area (Å²) in [4.78, 5) is 32.4. The van der Waals surface area contributed by atoms with E-state index in [9.17, 15) is 9.59 Å². The number of hydrogen-bond acceptors (Lipinski definition) is 5. The molecule has 2 heterocycles. The van der Waals surface area contributed by atoms with Gasteiger partial charge in [-0.05, 0) is 44.0 Å². The second-order valence-electron chi connectivity index (χ2n) is 6.38. The van der Waals surface area contributed by atoms with Gasteiger partial charge in [0.2, 0.25) is 0 Å². The van der Waals surface area contributed by atoms with Gasteiger partial charge in [-0.3, -0.25) is 14.8 Å². The molecule has 3 amide bonds. The molecule has 8 heteroatoms. The SMILES string of the molecule is Cc1cnc(CNC(=O)Nc2ccc(C(=O)NCC3CCCO3)cc2)cn1. The first kappa shape index (κ1) is 18.8. The molecule has 3 N–H and O–H groups in total. The number of benzene rings is 1. The maximum Gasteiger partial charge on any atom is 0.319 e. The van der Waals surface area contributed by atoms with Gasteiger partial charge in [-0.25, -0.2) is 4.79 Å². The summed E-state index contributed by atoms with van der Waals surface area (Å²) in [6.07, 6.45) is 5.40. The molecule has 3 rings (SSSR count). The summed E-state index contributed by atoms with van der Waals surface area (Å²) in [6, 6.07) is 6.36. The first-order valence-electron chi connectivity index (χ1n) is 8.92. The number of amides is 3. The van der Waals surface area contributed by atoms with Gasteiger partial charge in [-0.1, -0.05) is 0 Å². The lowest BCUT2D eigenvalue weighted by molar-refractivity contribution is 0.0858. The number of carbonyl (C=O) groups excluding carboxylic acids is 2. The minimum atomic E-state index is -0.354. The number of nitrogens with zero attached hydrogens (tertiary/aromatic N) is 2. The van der Waals surface area contributed by atoms with E-state index in [0.29, 0.717) is 23.5 Å². The highest BCUT2D eigenvalue weighted by atomic mass is 16.5. The summed E-state index contributed by atoms with van der Waals surface area (Å²) in [5.74, 6) is -0.153. The number of hydrogen-bond donors (Lipinski definition) is 3. The quantitative estimate of drug-likeness (QED) is 0.722. The van der Waals surface area contributed by atoms with Gasteiger partial charge in [-0.15, -0.1) is 0 Å². The van der Waals surface area contributed by atoms with Crippen LogP contribution in [-0.4, -0.2) is 41.2 Å². The number of nitrogens with one attached hydrogen (secondary N) is 3. The fourth-order valence-electron chi connectivity index (χ4n) is 2.68. The van der Waals surface area contributed by atoms with Crippen molar-refractivity contribution in [3.8, 4) is 0 Å². The summed E-state index contributed by atoms with van der Waals surface area (Å²) >= 11 is 0. The zero-order valence-corrected chi connectivity index (χ0v) is 15.2. The predicted molar refractivity (Wildman–Crippen MR) is 100 cm³/mol. The molecule has 0 spiro atoms. The van der Waals surface area contributed by atoms with Gasteiger partial charge >= 0.3 is 6.03 Å². The Labute approximate surface area is 157 Å². The van der Waals surface area contributed by atoms with Crippen LogP contribution in [0.1, 0.15) is 34.6 Å². The van der Waals surface area contributed by atoms with Crippen LogP contribution in [0.2, 0.25) is 0 Å². The molecule has 1 aromatic heterocycles. The minimum absolute atomic E-state index is 0.108. The van der Waals surface area contributed by atoms with E-state index < -0.39 is 0 Å². The van der Waals surface area contributed by atoms with Gasteiger partial charge in [-0.2, -0.15) is 0 Å². The van der Waals surface area contributed by atoms with Crippen LogP contribution in [0, 0.1) is 6.92 Å². The molecule has 1 fully saturated rings. The van der Waals surface area contributed by atoms with E-state index in [-0.39, 0.29) is 24.6 Å². The second kappa shape index (κ2) is 9.09. The van der Waals surface area contributed by atoms with Crippen LogP contribution in [0.3, 0.4) is 0 Å². The van der Waals surface area contributed by atoms with Crippen molar-refractivity contribution in [1.29, 1.82) is 0 Å². The Kier molecular flexibility index (Phi) is 6.32. The molecule has 0 radical (unpaired) electrons. The number of anilines is 1. The van der Waals surface area contributed by atoms with E-state index >= 15 is 0 Å². The molecule has 1 aliphatic heterocycles. The van der Waals surface area contributed by atoms with Gasteiger partial charge in [0, 0.05) is 30.6 Å². The van der Waals surface area contributed by atoms with E-state index in [4.69, 9.17) is 4.74 Å². The highest BCUT2D eigenvalue weighted by molar-refractivity contribution is 5.95. The molecule has 2 aromatic rings. The average Bonchev–Trinajstić information content (AvgIpc) is 3.20. The molecule has 0 saturated carbocycles. The fourth-order valence-corrected chi connectivity index (χ4v) is 2.68. The van der Waals surface area contributed by atoms with Crippen LogP contribution in [0.25, 0.3) is 0 Å². The Hall–Kier alpha value is -3.00. The highest BCUT2D eigenvalue weighted by Crippen LogP contribution is 2.12. The largest absolute Gasteiger partial charge is 0.376 e. The fraction of sp³-hybridized carbons (Fsp3) is 0.368. The lowest BCUT2D eigenvalue weighted by Gasteiger charge is -2.11. The monoisotopic (exact) mass is 369 g/mol. The van der Waals surface area contributed by atoms with Crippen LogP contribution < -0.4 is 16.0 Å². The lowest BCUT2D eigenvalue weighted by Crippen LogP contribution is -2.31. The zero-order chi connectivity index (χ0) is 19.1. The average molecular weight is 369 g/mol. The van der Waals surface area contributed by atoms with E-state index in [1.807, 2.05) is 6.92 Å². The smallest absolute Gasteiger partial charge is 0.319 e. The van der Waals surface area contributed by atoms with Crippen molar-refractivity contribution < 1.29 is 14.3 Å². The van der Waals surface area contributed by atoms with Crippen LogP contribution in [0.5, 0.6) is 0 Å². The van der Waals surface area contributed by atoms with Crippen molar-refractivity contribution in [2.75, 3.05) is 18.5 Å². The summed E-state index contributed by atoms with van der Waals surface area (Å²) in [6.45, 7) is 3.41. The van der Waals surface area contributed by atoms with Crippen LogP contribution in [0.4, 0.5) is 10.5 Å². The van der Waals surface area contributed by atoms with Crippen LogP contribution in [-0.2, 0) is 11.3 Å². The number of carbonyl (C=O) groups is 2. The van der Waals surface area contributed by atoms with Crippen LogP contribution in [0.15, 0.2) is 36.7 Å². The number of ether oxygens (including phenoxy) is 1. The van der Waals surface area contributed by atoms with E-state index in [2.05, 4.69) is 25.9 Å². The third kappa shape index (κ3) is 5.75. The molecule has 0 bridgehead atoms. The maximum atomic E-state index is 12.1. The van der Waals surface area contributed by atoms with Crippen molar-refractivity contribution in [2.45, 2.75) is 32.4 Å². The molecule has 27 heavy (non-hydrogen) atoms. The number of rotatable bonds is 6. The molecule has 0 aliphatic carbocycles. The van der Waals surface area contributed by atoms with Crippen molar-refractivity contribution in [2.24, 2.45) is 0 Å². The summed E-state index contributed by atoms with van der Waals surface area (Å²) in [5, 5.41) is 8.29. The topological polar surface area (TPSA) is 105 Å². The normalized spacial score (nSPS) is 16.0. The molecular weight excluding hydrogens is 346 g/mol. The molecule has 142 valence electrons. The number of urea groups is 1. The minimum Gasteiger partial charge on any atom is -0.376 e. The third-order valence-electron chi connectivity index (χ3n) is 4.18. The predicted octanol–water partition coefficient (Wildman–Crippen LogP) is 2.02. The molecule has 1 unspecified atom stereocenters. The Morgan fingerprint density at radius 3 is 2.63 bits per heavy atom. The van der Waals surface area contributed by atoms with E-state index in [1.165, 1.54) is 0 Å². The maximum absolute atomic E-state index is 12.1. The van der Waals surface area contributed by atoms with E-state index in [1.54, 1.807) is 36.7 Å².